The highest BCUT2D eigenvalue weighted by molar-refractivity contribution is 7.90. The second-order valence-corrected chi connectivity index (χ2v) is 12.4. The number of rotatable bonds is 7. The van der Waals surface area contributed by atoms with Crippen LogP contribution in [0.5, 0.6) is 5.75 Å². The Morgan fingerprint density at radius 3 is 2.10 bits per heavy atom. The summed E-state index contributed by atoms with van der Waals surface area (Å²) >= 11 is 0. The van der Waals surface area contributed by atoms with E-state index in [0.29, 0.717) is 25.1 Å². The van der Waals surface area contributed by atoms with Gasteiger partial charge in [-0.15, -0.1) is 0 Å². The van der Waals surface area contributed by atoms with Gasteiger partial charge < -0.3 is 14.6 Å². The number of aliphatic hydroxyl groups is 1. The van der Waals surface area contributed by atoms with Gasteiger partial charge >= 0.3 is 0 Å². The van der Waals surface area contributed by atoms with Crippen LogP contribution in [-0.4, -0.2) is 50.1 Å². The summed E-state index contributed by atoms with van der Waals surface area (Å²) in [5.41, 5.74) is 1.97. The van der Waals surface area contributed by atoms with Crippen molar-refractivity contribution in [2.45, 2.75) is 83.5 Å². The van der Waals surface area contributed by atoms with Gasteiger partial charge in [-0.2, -0.15) is 0 Å². The zero-order valence-electron chi connectivity index (χ0n) is 19.8. The van der Waals surface area contributed by atoms with Crippen molar-refractivity contribution in [3.63, 3.8) is 0 Å². The molecule has 0 spiro atoms. The SMILES string of the molecule is CCCN1CCC(C(O)c2cc(C(C)(C)C)c(OCOC)c(C(C)(C)C)c2)S1(=O)=O. The lowest BCUT2D eigenvalue weighted by atomic mass is 9.77. The van der Waals surface area contributed by atoms with Crippen LogP contribution in [0.4, 0.5) is 0 Å². The van der Waals surface area contributed by atoms with Crippen LogP contribution >= 0.6 is 0 Å². The van der Waals surface area contributed by atoms with E-state index >= 15 is 0 Å². The van der Waals surface area contributed by atoms with E-state index in [4.69, 9.17) is 9.47 Å². The van der Waals surface area contributed by atoms with Crippen LogP contribution < -0.4 is 4.74 Å². The first kappa shape index (κ1) is 25.1. The lowest BCUT2D eigenvalue weighted by molar-refractivity contribution is 0.0483. The quantitative estimate of drug-likeness (QED) is 0.645. The molecular formula is C23H39NO5S. The zero-order chi connectivity index (χ0) is 22.9. The molecule has 1 aromatic carbocycles. The molecule has 1 saturated heterocycles. The Morgan fingerprint density at radius 1 is 1.13 bits per heavy atom. The van der Waals surface area contributed by atoms with Gasteiger partial charge in [-0.05, 0) is 41.4 Å². The summed E-state index contributed by atoms with van der Waals surface area (Å²) in [7, 11) is -1.94. The normalized spacial score (nSPS) is 21.0. The number of nitrogens with zero attached hydrogens (tertiary/aromatic N) is 1. The second kappa shape index (κ2) is 9.15. The number of sulfonamides is 1. The van der Waals surface area contributed by atoms with Crippen molar-refractivity contribution in [1.82, 2.24) is 4.31 Å². The van der Waals surface area contributed by atoms with Gasteiger partial charge in [-0.1, -0.05) is 48.5 Å². The minimum Gasteiger partial charge on any atom is -0.467 e. The van der Waals surface area contributed by atoms with Crippen molar-refractivity contribution in [3.05, 3.63) is 28.8 Å². The van der Waals surface area contributed by atoms with Gasteiger partial charge in [-0.25, -0.2) is 12.7 Å². The Morgan fingerprint density at radius 2 is 1.67 bits per heavy atom. The van der Waals surface area contributed by atoms with E-state index < -0.39 is 21.4 Å². The molecule has 172 valence electrons. The molecule has 0 radical (unpaired) electrons. The van der Waals surface area contributed by atoms with E-state index in [0.717, 1.165) is 23.3 Å². The van der Waals surface area contributed by atoms with Crippen molar-refractivity contribution in [2.75, 3.05) is 27.0 Å². The van der Waals surface area contributed by atoms with Gasteiger partial charge in [0.1, 0.15) is 11.0 Å². The topological polar surface area (TPSA) is 76.1 Å². The van der Waals surface area contributed by atoms with Crippen molar-refractivity contribution in [2.24, 2.45) is 0 Å². The second-order valence-electron chi connectivity index (χ2n) is 10.2. The maximum absolute atomic E-state index is 13.0. The molecule has 0 aromatic heterocycles. The Hall–Kier alpha value is -1.15. The fourth-order valence-electron chi connectivity index (χ4n) is 3.97. The van der Waals surface area contributed by atoms with E-state index in [1.54, 1.807) is 7.11 Å². The first-order valence-electron chi connectivity index (χ1n) is 10.7. The summed E-state index contributed by atoms with van der Waals surface area (Å²) in [5.74, 6) is 0.745. The van der Waals surface area contributed by atoms with Crippen molar-refractivity contribution in [1.29, 1.82) is 0 Å². The van der Waals surface area contributed by atoms with Crippen LogP contribution in [0.25, 0.3) is 0 Å². The van der Waals surface area contributed by atoms with Crippen LogP contribution in [0.1, 0.15) is 84.1 Å². The third-order valence-corrected chi connectivity index (χ3v) is 7.96. The highest BCUT2D eigenvalue weighted by Crippen LogP contribution is 2.43. The minimum atomic E-state index is -3.53. The summed E-state index contributed by atoms with van der Waals surface area (Å²) in [4.78, 5) is 0. The zero-order valence-corrected chi connectivity index (χ0v) is 20.6. The number of ether oxygens (including phenoxy) is 2. The van der Waals surface area contributed by atoms with Gasteiger partial charge in [0, 0.05) is 31.3 Å². The molecule has 1 heterocycles. The van der Waals surface area contributed by atoms with Gasteiger partial charge in [-0.3, -0.25) is 0 Å². The maximum atomic E-state index is 13.0. The maximum Gasteiger partial charge on any atom is 0.219 e. The van der Waals surface area contributed by atoms with Crippen molar-refractivity contribution < 1.29 is 23.0 Å². The van der Waals surface area contributed by atoms with E-state index in [1.165, 1.54) is 4.31 Å². The average Bonchev–Trinajstić information content (AvgIpc) is 2.91. The molecule has 7 heteroatoms. The molecule has 2 rings (SSSR count). The third kappa shape index (κ3) is 5.18. The number of methoxy groups -OCH3 is 1. The molecule has 1 fully saturated rings. The third-order valence-electron chi connectivity index (χ3n) is 5.62. The fraction of sp³-hybridized carbons (Fsp3) is 0.739. The monoisotopic (exact) mass is 441 g/mol. The lowest BCUT2D eigenvalue weighted by Gasteiger charge is -2.32. The lowest BCUT2D eigenvalue weighted by Crippen LogP contribution is -2.33. The first-order chi connectivity index (χ1) is 13.7. The van der Waals surface area contributed by atoms with Gasteiger partial charge in [0.05, 0.1) is 6.10 Å². The largest absolute Gasteiger partial charge is 0.467 e. The average molecular weight is 442 g/mol. The standard InChI is InChI=1S/C23H39NO5S/c1-9-11-24-12-10-19(30(24,26)27)20(25)16-13-17(22(2,3)4)21(29-15-28-8)18(14-16)23(5,6)7/h13-14,19-20,25H,9-12,15H2,1-8H3. The molecular weight excluding hydrogens is 402 g/mol. The summed E-state index contributed by atoms with van der Waals surface area (Å²) in [6.07, 6.45) is 0.104. The summed E-state index contributed by atoms with van der Waals surface area (Å²) < 4.78 is 38.6. The van der Waals surface area contributed by atoms with E-state index in [1.807, 2.05) is 19.1 Å². The van der Waals surface area contributed by atoms with Gasteiger partial charge in [0.25, 0.3) is 0 Å². The Labute approximate surface area is 182 Å². The molecule has 30 heavy (non-hydrogen) atoms. The van der Waals surface area contributed by atoms with Crippen molar-refractivity contribution in [3.8, 4) is 5.75 Å². The molecule has 0 amide bonds. The molecule has 2 unspecified atom stereocenters. The molecule has 6 nitrogen and oxygen atoms in total. The summed E-state index contributed by atoms with van der Waals surface area (Å²) in [6.45, 7) is 15.5. The van der Waals surface area contributed by atoms with Crippen LogP contribution in [-0.2, 0) is 25.6 Å². The van der Waals surface area contributed by atoms with E-state index in [-0.39, 0.29) is 17.6 Å². The molecule has 0 aliphatic carbocycles. The molecule has 1 N–H and O–H groups in total. The summed E-state index contributed by atoms with van der Waals surface area (Å²) in [6, 6.07) is 3.81. The Balaban J connectivity index is 2.61. The fourth-order valence-corrected chi connectivity index (χ4v) is 6.04. The molecule has 2 atom stereocenters. The Bertz CT molecular complexity index is 801. The van der Waals surface area contributed by atoms with Crippen molar-refractivity contribution >= 4 is 10.0 Å². The molecule has 1 aliphatic heterocycles. The minimum absolute atomic E-state index is 0.122. The van der Waals surface area contributed by atoms with Gasteiger partial charge in [0.15, 0.2) is 6.79 Å². The summed E-state index contributed by atoms with van der Waals surface area (Å²) in [5, 5.41) is 10.4. The molecule has 1 aromatic rings. The molecule has 0 bridgehead atoms. The van der Waals surface area contributed by atoms with Crippen LogP contribution in [0.2, 0.25) is 0 Å². The highest BCUT2D eigenvalue weighted by atomic mass is 32.2. The number of hydrogen-bond acceptors (Lipinski definition) is 5. The number of aliphatic hydroxyl groups excluding tert-OH is 1. The molecule has 1 aliphatic rings. The van der Waals surface area contributed by atoms with Crippen LogP contribution in [0.15, 0.2) is 12.1 Å². The Kier molecular flexibility index (Phi) is 7.66. The number of hydrogen-bond donors (Lipinski definition) is 1. The van der Waals surface area contributed by atoms with E-state index in [2.05, 4.69) is 41.5 Å². The highest BCUT2D eigenvalue weighted by Gasteiger charge is 2.43. The molecule has 0 saturated carbocycles. The van der Waals surface area contributed by atoms with Crippen LogP contribution in [0, 0.1) is 0 Å². The van der Waals surface area contributed by atoms with Gasteiger partial charge in [0.2, 0.25) is 10.0 Å². The predicted octanol–water partition coefficient (Wildman–Crippen LogP) is 4.11. The number of benzene rings is 1. The smallest absolute Gasteiger partial charge is 0.219 e. The van der Waals surface area contributed by atoms with E-state index in [9.17, 15) is 13.5 Å². The first-order valence-corrected chi connectivity index (χ1v) is 12.2. The van der Waals surface area contributed by atoms with Crippen LogP contribution in [0.3, 0.4) is 0 Å². The predicted molar refractivity (Wildman–Crippen MR) is 120 cm³/mol.